The van der Waals surface area contributed by atoms with Crippen LogP contribution in [-0.4, -0.2) is 11.3 Å². The van der Waals surface area contributed by atoms with Gasteiger partial charge in [-0.1, -0.05) is 0 Å². The van der Waals surface area contributed by atoms with Gasteiger partial charge in [-0.15, -0.1) is 12.4 Å². The van der Waals surface area contributed by atoms with Crippen LogP contribution in [0.3, 0.4) is 0 Å². The van der Waals surface area contributed by atoms with Gasteiger partial charge >= 0.3 is 0 Å². The van der Waals surface area contributed by atoms with Gasteiger partial charge in [-0.2, -0.15) is 12.6 Å². The fourth-order valence-electron chi connectivity index (χ4n) is 4.64. The summed E-state index contributed by atoms with van der Waals surface area (Å²) in [5, 5.41) is 0. The van der Waals surface area contributed by atoms with Crippen molar-refractivity contribution < 1.29 is 0 Å². The highest BCUT2D eigenvalue weighted by molar-refractivity contribution is 7.81. The minimum Gasteiger partial charge on any atom is -0.330 e. The first-order valence-electron chi connectivity index (χ1n) is 6.15. The zero-order valence-corrected chi connectivity index (χ0v) is 10.9. The first-order valence-corrected chi connectivity index (χ1v) is 6.59. The molecule has 0 unspecified atom stereocenters. The highest BCUT2D eigenvalue weighted by Gasteiger charge is 2.54. The molecule has 0 aromatic heterocycles. The van der Waals surface area contributed by atoms with Crippen LogP contribution in [0.1, 0.15) is 38.5 Å². The lowest BCUT2D eigenvalue weighted by Gasteiger charge is -2.59. The SMILES string of the molecule is Cl.NCCC1(S)C2CC3CC(C2)CC1C3. The summed E-state index contributed by atoms with van der Waals surface area (Å²) in [5.41, 5.74) is 5.74. The fourth-order valence-corrected chi connectivity index (χ4v) is 5.19. The molecule has 4 aliphatic carbocycles. The Labute approximate surface area is 104 Å². The van der Waals surface area contributed by atoms with E-state index in [2.05, 4.69) is 0 Å². The van der Waals surface area contributed by atoms with Gasteiger partial charge in [0.15, 0.2) is 0 Å². The van der Waals surface area contributed by atoms with E-state index in [1.165, 1.54) is 32.1 Å². The number of thiol groups is 1. The number of halogens is 1. The van der Waals surface area contributed by atoms with Gasteiger partial charge in [-0.05, 0) is 68.7 Å². The van der Waals surface area contributed by atoms with E-state index in [9.17, 15) is 0 Å². The Balaban J connectivity index is 0.000000853. The van der Waals surface area contributed by atoms with E-state index in [0.717, 1.165) is 36.6 Å². The maximum atomic E-state index is 5.74. The Bertz CT molecular complexity index is 216. The maximum absolute atomic E-state index is 5.74. The lowest BCUT2D eigenvalue weighted by molar-refractivity contribution is -0.0178. The van der Waals surface area contributed by atoms with Crippen LogP contribution in [-0.2, 0) is 0 Å². The fraction of sp³-hybridized carbons (Fsp3) is 1.00. The van der Waals surface area contributed by atoms with Crippen LogP contribution in [0.5, 0.6) is 0 Å². The van der Waals surface area contributed by atoms with Crippen LogP contribution in [0.2, 0.25) is 0 Å². The van der Waals surface area contributed by atoms with Gasteiger partial charge < -0.3 is 5.73 Å². The molecule has 1 nitrogen and oxygen atoms in total. The van der Waals surface area contributed by atoms with Gasteiger partial charge in [0.25, 0.3) is 0 Å². The van der Waals surface area contributed by atoms with Gasteiger partial charge in [-0.25, -0.2) is 0 Å². The maximum Gasteiger partial charge on any atom is 0.0198 e. The molecular formula is C12H22ClNS. The first-order chi connectivity index (χ1) is 6.72. The molecule has 0 aromatic carbocycles. The van der Waals surface area contributed by atoms with Gasteiger partial charge in [0.1, 0.15) is 0 Å². The molecule has 0 aromatic rings. The summed E-state index contributed by atoms with van der Waals surface area (Å²) in [5.74, 6) is 3.89. The predicted octanol–water partition coefficient (Wildman–Crippen LogP) is 2.88. The van der Waals surface area contributed by atoms with Crippen molar-refractivity contribution >= 4 is 25.0 Å². The van der Waals surface area contributed by atoms with Crippen molar-refractivity contribution in [3.8, 4) is 0 Å². The molecule has 0 amide bonds. The summed E-state index contributed by atoms with van der Waals surface area (Å²) < 4.78 is 0.322. The molecule has 0 aliphatic heterocycles. The lowest BCUT2D eigenvalue weighted by atomic mass is 9.51. The topological polar surface area (TPSA) is 26.0 Å². The van der Waals surface area contributed by atoms with Gasteiger partial charge in [-0.3, -0.25) is 0 Å². The second-order valence-corrected chi connectivity index (χ2v) is 6.67. The molecule has 15 heavy (non-hydrogen) atoms. The minimum absolute atomic E-state index is 0. The highest BCUT2D eigenvalue weighted by Crippen LogP contribution is 2.61. The summed E-state index contributed by atoms with van der Waals surface area (Å²) in [4.78, 5) is 0. The molecular weight excluding hydrogens is 226 g/mol. The molecule has 4 rings (SSSR count). The van der Waals surface area contributed by atoms with E-state index >= 15 is 0 Å². The van der Waals surface area contributed by atoms with Gasteiger partial charge in [0.2, 0.25) is 0 Å². The lowest BCUT2D eigenvalue weighted by Crippen LogP contribution is -2.55. The number of nitrogens with two attached hydrogens (primary N) is 1. The molecule has 0 atom stereocenters. The Morgan fingerprint density at radius 1 is 1.00 bits per heavy atom. The van der Waals surface area contributed by atoms with E-state index < -0.39 is 0 Å². The zero-order valence-electron chi connectivity index (χ0n) is 9.19. The minimum atomic E-state index is 0. The Morgan fingerprint density at radius 2 is 1.47 bits per heavy atom. The molecule has 0 spiro atoms. The first kappa shape index (κ1) is 12.1. The summed E-state index contributed by atoms with van der Waals surface area (Å²) in [6.07, 6.45) is 8.49. The van der Waals surface area contributed by atoms with E-state index in [-0.39, 0.29) is 12.4 Å². The average Bonchev–Trinajstić information content (AvgIpc) is 2.14. The highest BCUT2D eigenvalue weighted by atomic mass is 35.5. The normalized spacial score (nSPS) is 51.6. The summed E-state index contributed by atoms with van der Waals surface area (Å²) >= 11 is 5.03. The van der Waals surface area contributed by atoms with Crippen LogP contribution in [0.4, 0.5) is 0 Å². The largest absolute Gasteiger partial charge is 0.330 e. The van der Waals surface area contributed by atoms with E-state index in [0.29, 0.717) is 4.75 Å². The quantitative estimate of drug-likeness (QED) is 0.722. The molecule has 88 valence electrons. The third-order valence-corrected chi connectivity index (χ3v) is 6.05. The van der Waals surface area contributed by atoms with Crippen LogP contribution < -0.4 is 5.73 Å². The smallest absolute Gasteiger partial charge is 0.0198 e. The van der Waals surface area contributed by atoms with E-state index in [1.54, 1.807) is 0 Å². The Kier molecular flexibility index (Phi) is 3.31. The van der Waals surface area contributed by atoms with Crippen molar-refractivity contribution in [3.63, 3.8) is 0 Å². The Hall–Kier alpha value is 0.600. The molecule has 4 fully saturated rings. The molecule has 3 heteroatoms. The molecule has 0 saturated heterocycles. The van der Waals surface area contributed by atoms with Crippen molar-refractivity contribution in [1.82, 2.24) is 0 Å². The zero-order chi connectivity index (χ0) is 9.76. The summed E-state index contributed by atoms with van der Waals surface area (Å²) in [7, 11) is 0. The van der Waals surface area contributed by atoms with Crippen molar-refractivity contribution in [2.75, 3.05) is 6.54 Å². The van der Waals surface area contributed by atoms with Crippen LogP contribution in [0, 0.1) is 23.7 Å². The average molecular weight is 248 g/mol. The number of hydrogen-bond donors (Lipinski definition) is 2. The monoisotopic (exact) mass is 247 g/mol. The van der Waals surface area contributed by atoms with E-state index in [1.807, 2.05) is 0 Å². The third-order valence-electron chi connectivity index (χ3n) is 5.10. The molecule has 4 aliphatic rings. The summed E-state index contributed by atoms with van der Waals surface area (Å²) in [6, 6.07) is 0. The molecule has 4 saturated carbocycles. The Morgan fingerprint density at radius 3 is 1.87 bits per heavy atom. The van der Waals surface area contributed by atoms with Crippen molar-refractivity contribution in [1.29, 1.82) is 0 Å². The van der Waals surface area contributed by atoms with Crippen LogP contribution in [0.15, 0.2) is 0 Å². The van der Waals surface area contributed by atoms with Gasteiger partial charge in [0, 0.05) is 4.75 Å². The van der Waals surface area contributed by atoms with Crippen LogP contribution in [0.25, 0.3) is 0 Å². The predicted molar refractivity (Wildman–Crippen MR) is 69.7 cm³/mol. The summed E-state index contributed by atoms with van der Waals surface area (Å²) in [6.45, 7) is 0.825. The molecule has 4 bridgehead atoms. The third kappa shape index (κ3) is 1.73. The van der Waals surface area contributed by atoms with Crippen molar-refractivity contribution in [2.45, 2.75) is 43.3 Å². The second kappa shape index (κ2) is 4.12. The molecule has 0 heterocycles. The standard InChI is InChI=1S/C12H21NS.ClH/c13-2-1-12(14)10-4-8-3-9(6-10)7-11(12)5-8;/h8-11,14H,1-7,13H2;1H. The van der Waals surface area contributed by atoms with Crippen molar-refractivity contribution in [3.05, 3.63) is 0 Å². The van der Waals surface area contributed by atoms with Crippen molar-refractivity contribution in [2.24, 2.45) is 29.4 Å². The molecule has 0 radical (unpaired) electrons. The number of hydrogen-bond acceptors (Lipinski definition) is 2. The second-order valence-electron chi connectivity index (χ2n) is 5.83. The van der Waals surface area contributed by atoms with Gasteiger partial charge in [0.05, 0.1) is 0 Å². The van der Waals surface area contributed by atoms with Crippen LogP contribution >= 0.6 is 25.0 Å². The molecule has 2 N–H and O–H groups in total. The number of rotatable bonds is 2. The van der Waals surface area contributed by atoms with E-state index in [4.69, 9.17) is 18.4 Å².